The lowest BCUT2D eigenvalue weighted by Gasteiger charge is -2.13. The van der Waals surface area contributed by atoms with Gasteiger partial charge in [0.25, 0.3) is 5.91 Å². The van der Waals surface area contributed by atoms with Gasteiger partial charge in [0.1, 0.15) is 4.90 Å². The normalized spacial score (nSPS) is 19.3. The predicted octanol–water partition coefficient (Wildman–Crippen LogP) is 2.45. The lowest BCUT2D eigenvalue weighted by atomic mass is 10.2. The molecule has 0 spiro atoms. The molecule has 3 rings (SSSR count). The van der Waals surface area contributed by atoms with Crippen LogP contribution in [0.25, 0.3) is 0 Å². The summed E-state index contributed by atoms with van der Waals surface area (Å²) in [4.78, 5) is 12.2. The molecule has 0 radical (unpaired) electrons. The number of amides is 1. The molecule has 1 aromatic carbocycles. The first-order valence-corrected chi connectivity index (χ1v) is 9.44. The van der Waals surface area contributed by atoms with Crippen molar-refractivity contribution < 1.29 is 13.2 Å². The van der Waals surface area contributed by atoms with Crippen LogP contribution in [0.15, 0.2) is 23.1 Å². The number of rotatable bonds is 5. The van der Waals surface area contributed by atoms with Crippen LogP contribution in [-0.4, -0.2) is 26.4 Å². The molecule has 2 aliphatic carbocycles. The molecule has 0 aromatic heterocycles. The van der Waals surface area contributed by atoms with Crippen molar-refractivity contribution in [3.8, 4) is 0 Å². The fourth-order valence-corrected chi connectivity index (χ4v) is 4.50. The Morgan fingerprint density at radius 2 is 1.77 bits per heavy atom. The van der Waals surface area contributed by atoms with Crippen LogP contribution in [0.1, 0.15) is 48.9 Å². The SMILES string of the molecule is O=C(NC1CCCC1)c1ccc(Cl)c(S(=O)(=O)NC2CC2)c1. The van der Waals surface area contributed by atoms with Gasteiger partial charge >= 0.3 is 0 Å². The van der Waals surface area contributed by atoms with Crippen molar-refractivity contribution in [2.45, 2.75) is 55.5 Å². The fraction of sp³-hybridized carbons (Fsp3) is 0.533. The van der Waals surface area contributed by atoms with E-state index in [0.29, 0.717) is 5.56 Å². The molecule has 2 saturated carbocycles. The first kappa shape index (κ1) is 15.8. The highest BCUT2D eigenvalue weighted by molar-refractivity contribution is 7.89. The van der Waals surface area contributed by atoms with Crippen molar-refractivity contribution in [1.82, 2.24) is 10.0 Å². The second-order valence-corrected chi connectivity index (χ2v) is 8.09. The Hall–Kier alpha value is -1.11. The van der Waals surface area contributed by atoms with Crippen molar-refractivity contribution in [3.63, 3.8) is 0 Å². The van der Waals surface area contributed by atoms with Gasteiger partial charge in [-0.2, -0.15) is 0 Å². The lowest BCUT2D eigenvalue weighted by Crippen LogP contribution is -2.33. The Labute approximate surface area is 135 Å². The van der Waals surface area contributed by atoms with Gasteiger partial charge in [-0.1, -0.05) is 24.4 Å². The van der Waals surface area contributed by atoms with Crippen LogP contribution in [0.5, 0.6) is 0 Å². The van der Waals surface area contributed by atoms with Gasteiger partial charge < -0.3 is 5.32 Å². The van der Waals surface area contributed by atoms with Crippen molar-refractivity contribution in [3.05, 3.63) is 28.8 Å². The van der Waals surface area contributed by atoms with Gasteiger partial charge in [-0.05, 0) is 43.9 Å². The summed E-state index contributed by atoms with van der Waals surface area (Å²) in [6.07, 6.45) is 5.89. The molecule has 120 valence electrons. The highest BCUT2D eigenvalue weighted by atomic mass is 35.5. The Morgan fingerprint density at radius 3 is 2.41 bits per heavy atom. The van der Waals surface area contributed by atoms with Crippen molar-refractivity contribution in [2.24, 2.45) is 0 Å². The molecule has 5 nitrogen and oxygen atoms in total. The van der Waals surface area contributed by atoms with Crippen LogP contribution in [0.3, 0.4) is 0 Å². The second kappa shape index (κ2) is 6.18. The van der Waals surface area contributed by atoms with Gasteiger partial charge in [0.15, 0.2) is 0 Å². The van der Waals surface area contributed by atoms with Crippen LogP contribution in [0.4, 0.5) is 0 Å². The standard InChI is InChI=1S/C15H19ClN2O3S/c16-13-8-5-10(15(19)17-11-3-1-2-4-11)9-14(13)22(20,21)18-12-6-7-12/h5,8-9,11-12,18H,1-4,6-7H2,(H,17,19). The fourth-order valence-electron chi connectivity index (χ4n) is 2.67. The van der Waals surface area contributed by atoms with E-state index in [1.807, 2.05) is 0 Å². The summed E-state index contributed by atoms with van der Waals surface area (Å²) >= 11 is 6.01. The third-order valence-corrected chi connectivity index (χ3v) is 6.07. The summed E-state index contributed by atoms with van der Waals surface area (Å²) in [5, 5.41) is 3.08. The predicted molar refractivity (Wildman–Crippen MR) is 84.5 cm³/mol. The number of hydrogen-bond donors (Lipinski definition) is 2. The zero-order valence-electron chi connectivity index (χ0n) is 12.1. The summed E-state index contributed by atoms with van der Waals surface area (Å²) in [7, 11) is -3.67. The van der Waals surface area contributed by atoms with E-state index in [1.54, 1.807) is 6.07 Å². The molecule has 0 heterocycles. The van der Waals surface area contributed by atoms with Gasteiger partial charge in [0.2, 0.25) is 10.0 Å². The Morgan fingerprint density at radius 1 is 1.09 bits per heavy atom. The third-order valence-electron chi connectivity index (χ3n) is 4.07. The van der Waals surface area contributed by atoms with E-state index < -0.39 is 10.0 Å². The lowest BCUT2D eigenvalue weighted by molar-refractivity contribution is 0.0937. The van der Waals surface area contributed by atoms with Crippen LogP contribution < -0.4 is 10.0 Å². The number of sulfonamides is 1. The summed E-state index contributed by atoms with van der Waals surface area (Å²) < 4.78 is 27.2. The second-order valence-electron chi connectivity index (χ2n) is 6.00. The largest absolute Gasteiger partial charge is 0.349 e. The van der Waals surface area contributed by atoms with Gasteiger partial charge in [0.05, 0.1) is 5.02 Å². The summed E-state index contributed by atoms with van der Waals surface area (Å²) in [6, 6.07) is 4.57. The quantitative estimate of drug-likeness (QED) is 0.863. The molecule has 22 heavy (non-hydrogen) atoms. The summed E-state index contributed by atoms with van der Waals surface area (Å²) in [6.45, 7) is 0. The zero-order valence-corrected chi connectivity index (χ0v) is 13.7. The highest BCUT2D eigenvalue weighted by Gasteiger charge is 2.30. The Bertz CT molecular complexity index is 680. The van der Waals surface area contributed by atoms with E-state index in [9.17, 15) is 13.2 Å². The molecule has 2 aliphatic rings. The van der Waals surface area contributed by atoms with E-state index in [0.717, 1.165) is 38.5 Å². The number of benzene rings is 1. The molecule has 0 saturated heterocycles. The minimum atomic E-state index is -3.67. The van der Waals surface area contributed by atoms with E-state index >= 15 is 0 Å². The van der Waals surface area contributed by atoms with Gasteiger partial charge in [0, 0.05) is 17.6 Å². The Balaban J connectivity index is 1.80. The third kappa shape index (κ3) is 3.62. The number of hydrogen-bond acceptors (Lipinski definition) is 3. The molecule has 1 amide bonds. The van der Waals surface area contributed by atoms with Crippen molar-refractivity contribution >= 4 is 27.5 Å². The maximum atomic E-state index is 12.3. The first-order valence-electron chi connectivity index (χ1n) is 7.58. The maximum absolute atomic E-state index is 12.3. The van der Waals surface area contributed by atoms with E-state index in [-0.39, 0.29) is 27.9 Å². The molecule has 1 aromatic rings. The first-order chi connectivity index (χ1) is 10.5. The van der Waals surface area contributed by atoms with Gasteiger partial charge in [-0.3, -0.25) is 4.79 Å². The van der Waals surface area contributed by atoms with Crippen molar-refractivity contribution in [1.29, 1.82) is 0 Å². The molecule has 0 aliphatic heterocycles. The molecule has 0 atom stereocenters. The number of carbonyl (C=O) groups is 1. The molecule has 2 N–H and O–H groups in total. The van der Waals surface area contributed by atoms with Gasteiger partial charge in [-0.25, -0.2) is 13.1 Å². The number of nitrogens with one attached hydrogen (secondary N) is 2. The molecule has 0 unspecified atom stereocenters. The minimum absolute atomic E-state index is 0.00274. The van der Waals surface area contributed by atoms with Crippen LogP contribution in [0.2, 0.25) is 5.02 Å². The topological polar surface area (TPSA) is 75.3 Å². The highest BCUT2D eigenvalue weighted by Crippen LogP contribution is 2.27. The molecule has 2 fully saturated rings. The van der Waals surface area contributed by atoms with Crippen LogP contribution in [0, 0.1) is 0 Å². The van der Waals surface area contributed by atoms with Crippen molar-refractivity contribution in [2.75, 3.05) is 0 Å². The summed E-state index contributed by atoms with van der Waals surface area (Å²) in [5.74, 6) is -0.244. The van der Waals surface area contributed by atoms with Crippen LogP contribution in [-0.2, 0) is 10.0 Å². The molecule has 7 heteroatoms. The van der Waals surface area contributed by atoms with E-state index in [4.69, 9.17) is 11.6 Å². The monoisotopic (exact) mass is 342 g/mol. The summed E-state index contributed by atoms with van der Waals surface area (Å²) in [5.41, 5.74) is 0.326. The minimum Gasteiger partial charge on any atom is -0.349 e. The molecular weight excluding hydrogens is 324 g/mol. The van der Waals surface area contributed by atoms with E-state index in [1.165, 1.54) is 12.1 Å². The van der Waals surface area contributed by atoms with E-state index in [2.05, 4.69) is 10.0 Å². The average Bonchev–Trinajstić information content (AvgIpc) is 3.11. The molecule has 0 bridgehead atoms. The number of halogens is 1. The molecular formula is C15H19ClN2O3S. The Kier molecular flexibility index (Phi) is 4.43. The smallest absolute Gasteiger partial charge is 0.251 e. The van der Waals surface area contributed by atoms with Gasteiger partial charge in [-0.15, -0.1) is 0 Å². The maximum Gasteiger partial charge on any atom is 0.251 e. The average molecular weight is 343 g/mol. The zero-order chi connectivity index (χ0) is 15.7. The van der Waals surface area contributed by atoms with Crippen LogP contribution >= 0.6 is 11.6 Å². The number of carbonyl (C=O) groups excluding carboxylic acids is 1.